The van der Waals surface area contributed by atoms with Crippen LogP contribution < -0.4 is 10.9 Å². The molecule has 7 nitrogen and oxygen atoms in total. The molecule has 0 saturated heterocycles. The molecule has 0 aliphatic rings. The lowest BCUT2D eigenvalue weighted by Crippen LogP contribution is -2.40. The summed E-state index contributed by atoms with van der Waals surface area (Å²) in [5.41, 5.74) is 3.15. The molecule has 0 fully saturated rings. The summed E-state index contributed by atoms with van der Waals surface area (Å²) < 4.78 is 83.4. The molecule has 35 heavy (non-hydrogen) atoms. The quantitative estimate of drug-likeness (QED) is 0.163. The van der Waals surface area contributed by atoms with Crippen molar-refractivity contribution in [2.24, 2.45) is 0 Å². The summed E-state index contributed by atoms with van der Waals surface area (Å²) in [6.45, 7) is 0. The highest BCUT2D eigenvalue weighted by Gasteiger charge is 2.40. The molecule has 0 spiro atoms. The van der Waals surface area contributed by atoms with Gasteiger partial charge in [-0.05, 0) is 29.8 Å². The molecule has 3 rings (SSSR count). The van der Waals surface area contributed by atoms with Crippen LogP contribution in [0.2, 0.25) is 5.02 Å². The van der Waals surface area contributed by atoms with Crippen LogP contribution >= 0.6 is 23.6 Å². The first-order chi connectivity index (χ1) is 16.4. The summed E-state index contributed by atoms with van der Waals surface area (Å²) >= 11 is 6.73. The maximum absolute atomic E-state index is 13.6. The smallest absolute Gasteiger partial charge is 0.281 e. The number of nitrogens with zero attached hydrogens (tertiary/aromatic N) is 2. The largest absolute Gasteiger partial charge is 0.472 e. The summed E-state index contributed by atoms with van der Waals surface area (Å²) in [6.07, 6.45) is -10.4. The van der Waals surface area contributed by atoms with Crippen LogP contribution in [0.5, 0.6) is 0 Å². The zero-order valence-corrected chi connectivity index (χ0v) is 18.9. The van der Waals surface area contributed by atoms with Crippen molar-refractivity contribution < 1.29 is 40.4 Å². The van der Waals surface area contributed by atoms with E-state index in [1.807, 2.05) is 5.43 Å². The molecule has 0 aliphatic heterocycles. The first-order valence-electron chi connectivity index (χ1n) is 9.26. The number of hydrogen-bond acceptors (Lipinski definition) is 7. The molecule has 3 aromatic rings. The third-order valence-corrected chi connectivity index (χ3v) is 5.09. The van der Waals surface area contributed by atoms with E-state index >= 15 is 0 Å². The van der Waals surface area contributed by atoms with Crippen LogP contribution in [-0.4, -0.2) is 29.2 Å². The van der Waals surface area contributed by atoms with Gasteiger partial charge in [-0.2, -0.15) is 30.7 Å². The van der Waals surface area contributed by atoms with Crippen LogP contribution in [0.15, 0.2) is 53.4 Å². The third-order valence-electron chi connectivity index (χ3n) is 4.17. The minimum Gasteiger partial charge on any atom is -0.281 e. The highest BCUT2D eigenvalue weighted by Crippen LogP contribution is 2.39. The molecule has 0 unspecified atom stereocenters. The van der Waals surface area contributed by atoms with Gasteiger partial charge in [0.1, 0.15) is 0 Å². The van der Waals surface area contributed by atoms with Gasteiger partial charge in [0, 0.05) is 15.5 Å². The predicted molar refractivity (Wildman–Crippen MR) is 115 cm³/mol. The molecule has 0 atom stereocenters. The van der Waals surface area contributed by atoms with Crippen LogP contribution in [0.4, 0.5) is 32.2 Å². The Balaban J connectivity index is 2.20. The van der Waals surface area contributed by atoms with Crippen molar-refractivity contribution in [2.75, 3.05) is 12.5 Å². The molecule has 0 bridgehead atoms. The van der Waals surface area contributed by atoms with Crippen molar-refractivity contribution in [2.45, 2.75) is 17.2 Å². The zero-order chi connectivity index (χ0) is 25.8. The number of amides is 1. The molecular formula is C20H13ClF6N4O3S. The van der Waals surface area contributed by atoms with E-state index in [1.165, 1.54) is 61.1 Å². The third kappa shape index (κ3) is 6.75. The Hall–Kier alpha value is -3.07. The molecule has 1 heterocycles. The molecule has 2 aromatic carbocycles. The van der Waals surface area contributed by atoms with E-state index < -0.39 is 29.9 Å². The molecule has 15 heteroatoms. The lowest BCUT2D eigenvalue weighted by molar-refractivity contribution is -0.173. The first kappa shape index (κ1) is 26.5. The topological polar surface area (TPSA) is 85.4 Å². The molecule has 0 saturated carbocycles. The van der Waals surface area contributed by atoms with Gasteiger partial charge >= 0.3 is 18.3 Å². The Morgan fingerprint density at radius 1 is 0.943 bits per heavy atom. The van der Waals surface area contributed by atoms with Gasteiger partial charge in [0.05, 0.1) is 30.4 Å². The van der Waals surface area contributed by atoms with E-state index in [-0.39, 0.29) is 22.4 Å². The fourth-order valence-corrected chi connectivity index (χ4v) is 3.23. The van der Waals surface area contributed by atoms with Crippen LogP contribution in [-0.2, 0) is 20.2 Å². The molecule has 186 valence electrons. The molecule has 1 aromatic heterocycles. The van der Waals surface area contributed by atoms with Crippen molar-refractivity contribution in [1.82, 2.24) is 15.4 Å². The van der Waals surface area contributed by atoms with Gasteiger partial charge in [-0.15, -0.1) is 0 Å². The normalized spacial score (nSPS) is 11.9. The number of halogens is 7. The Kier molecular flexibility index (Phi) is 8.10. The molecule has 0 aliphatic carbocycles. The van der Waals surface area contributed by atoms with Crippen molar-refractivity contribution in [3.05, 3.63) is 59.4 Å². The Morgan fingerprint density at radius 3 is 2.09 bits per heavy atom. The number of nitrogens with one attached hydrogen (secondary N) is 2. The molecule has 1 amide bonds. The predicted octanol–water partition coefficient (Wildman–Crippen LogP) is 6.07. The fraction of sp³-hybridized carbons (Fsp3) is 0.150. The first-order valence-corrected chi connectivity index (χ1v) is 10.4. The summed E-state index contributed by atoms with van der Waals surface area (Å²) in [4.78, 5) is 23.3. The number of hydrogen-bond donors (Lipinski definition) is 2. The zero-order valence-electron chi connectivity index (χ0n) is 17.3. The Morgan fingerprint density at radius 2 is 1.54 bits per heavy atom. The van der Waals surface area contributed by atoms with Gasteiger partial charge in [-0.3, -0.25) is 15.6 Å². The summed E-state index contributed by atoms with van der Waals surface area (Å²) in [6, 6.07) is 11.5. The average molecular weight is 539 g/mol. The Bertz CT molecular complexity index is 1190. The van der Waals surface area contributed by atoms with Crippen LogP contribution in [0.3, 0.4) is 0 Å². The van der Waals surface area contributed by atoms with E-state index in [2.05, 4.69) is 14.9 Å². The SMILES string of the molecule is COOSc1ccc(-c2nc(C(F)(F)F)nc(NNC(=O)C(F)(F)F)c2-c2ccc(Cl)cc2)cc1. The van der Waals surface area contributed by atoms with E-state index in [0.717, 1.165) is 12.0 Å². The van der Waals surface area contributed by atoms with E-state index in [1.54, 1.807) is 0 Å². The number of benzene rings is 2. The standard InChI is InChI=1S/C20H13ClF6N4O3S/c1-33-34-35-13-8-4-11(5-9-13)15-14(10-2-6-12(21)7-3-10)16(29-17(28-15)19(22,23)24)30-31-18(32)20(25,26)27/h2-9H,1H3,(H,31,32)(H,28,29,30). The number of carbonyl (C=O) groups is 1. The van der Waals surface area contributed by atoms with Crippen molar-refractivity contribution in [1.29, 1.82) is 0 Å². The van der Waals surface area contributed by atoms with Gasteiger partial charge in [-0.1, -0.05) is 35.9 Å². The van der Waals surface area contributed by atoms with Crippen molar-refractivity contribution >= 4 is 35.4 Å². The highest BCUT2D eigenvalue weighted by atomic mass is 35.5. The number of carbonyl (C=O) groups excluding carboxylic acids is 1. The number of hydrazine groups is 1. The summed E-state index contributed by atoms with van der Waals surface area (Å²) in [7, 11) is 1.28. The van der Waals surface area contributed by atoms with Gasteiger partial charge in [0.25, 0.3) is 0 Å². The van der Waals surface area contributed by atoms with Crippen LogP contribution in [0.1, 0.15) is 5.82 Å². The molecular weight excluding hydrogens is 526 g/mol. The molecule has 0 radical (unpaired) electrons. The number of rotatable bonds is 7. The fourth-order valence-electron chi connectivity index (χ4n) is 2.71. The lowest BCUT2D eigenvalue weighted by Gasteiger charge is -2.19. The van der Waals surface area contributed by atoms with E-state index in [9.17, 15) is 31.1 Å². The van der Waals surface area contributed by atoms with Crippen LogP contribution in [0, 0.1) is 0 Å². The molecule has 2 N–H and O–H groups in total. The second-order valence-corrected chi connectivity index (χ2v) is 7.75. The van der Waals surface area contributed by atoms with Gasteiger partial charge < -0.3 is 0 Å². The van der Waals surface area contributed by atoms with E-state index in [4.69, 9.17) is 15.9 Å². The number of alkyl halides is 6. The summed E-state index contributed by atoms with van der Waals surface area (Å²) in [5.74, 6) is -4.80. The second-order valence-electron chi connectivity index (χ2n) is 6.54. The van der Waals surface area contributed by atoms with Crippen LogP contribution in [0.25, 0.3) is 22.4 Å². The minimum atomic E-state index is -5.30. The minimum absolute atomic E-state index is 0.120. The maximum Gasteiger partial charge on any atom is 0.472 e. The second kappa shape index (κ2) is 10.7. The summed E-state index contributed by atoms with van der Waals surface area (Å²) in [5, 5.41) is 0.294. The lowest BCUT2D eigenvalue weighted by atomic mass is 9.99. The van der Waals surface area contributed by atoms with Crippen molar-refractivity contribution in [3.63, 3.8) is 0 Å². The maximum atomic E-state index is 13.6. The average Bonchev–Trinajstić information content (AvgIpc) is 2.80. The van der Waals surface area contributed by atoms with E-state index in [0.29, 0.717) is 9.92 Å². The van der Waals surface area contributed by atoms with Gasteiger partial charge in [0.15, 0.2) is 5.82 Å². The number of aromatic nitrogens is 2. The van der Waals surface area contributed by atoms with Gasteiger partial charge in [-0.25, -0.2) is 14.9 Å². The highest BCUT2D eigenvalue weighted by molar-refractivity contribution is 7.94. The number of anilines is 1. The van der Waals surface area contributed by atoms with Crippen molar-refractivity contribution in [3.8, 4) is 22.4 Å². The monoisotopic (exact) mass is 538 g/mol. The Labute approximate surface area is 202 Å². The van der Waals surface area contributed by atoms with Gasteiger partial charge in [0.2, 0.25) is 5.82 Å².